The first-order chi connectivity index (χ1) is 7.15. The lowest BCUT2D eigenvalue weighted by atomic mass is 10.0. The summed E-state index contributed by atoms with van der Waals surface area (Å²) in [4.78, 5) is 15.6. The third-order valence-corrected chi connectivity index (χ3v) is 3.18. The molecule has 2 fully saturated rings. The van der Waals surface area contributed by atoms with Crippen LogP contribution in [0.5, 0.6) is 0 Å². The van der Waals surface area contributed by atoms with Crippen molar-refractivity contribution >= 4 is 6.09 Å². The molecule has 5 nitrogen and oxygen atoms in total. The van der Waals surface area contributed by atoms with Gasteiger partial charge < -0.3 is 20.3 Å². The van der Waals surface area contributed by atoms with E-state index >= 15 is 0 Å². The van der Waals surface area contributed by atoms with Gasteiger partial charge in [0.05, 0.1) is 6.54 Å². The minimum absolute atomic E-state index is 0.168. The maximum Gasteiger partial charge on any atom is 0.410 e. The Morgan fingerprint density at radius 1 is 1.53 bits per heavy atom. The molecular weight excluding hydrogens is 194 g/mol. The Hall–Kier alpha value is -0.810. The lowest BCUT2D eigenvalue weighted by Crippen LogP contribution is -2.37. The van der Waals surface area contributed by atoms with E-state index in [9.17, 15) is 4.79 Å². The summed E-state index contributed by atoms with van der Waals surface area (Å²) in [5.74, 6) is 0. The molecule has 2 heterocycles. The summed E-state index contributed by atoms with van der Waals surface area (Å²) in [6.07, 6.45) is 1.63. The van der Waals surface area contributed by atoms with Crippen molar-refractivity contribution in [2.24, 2.45) is 5.73 Å². The molecule has 1 unspecified atom stereocenters. The van der Waals surface area contributed by atoms with Gasteiger partial charge in [0.15, 0.2) is 0 Å². The van der Waals surface area contributed by atoms with Gasteiger partial charge in [-0.25, -0.2) is 4.79 Å². The van der Waals surface area contributed by atoms with Crippen LogP contribution in [-0.4, -0.2) is 61.3 Å². The normalized spacial score (nSPS) is 31.6. The number of nitrogens with two attached hydrogens (primary N) is 1. The molecule has 2 saturated heterocycles. The molecule has 1 spiro atoms. The number of hydrogen-bond donors (Lipinski definition) is 1. The molecule has 15 heavy (non-hydrogen) atoms. The summed E-state index contributed by atoms with van der Waals surface area (Å²) >= 11 is 0. The lowest BCUT2D eigenvalue weighted by molar-refractivity contribution is 0.0656. The maximum absolute atomic E-state index is 11.6. The van der Waals surface area contributed by atoms with Crippen molar-refractivity contribution in [3.63, 3.8) is 0 Å². The van der Waals surface area contributed by atoms with Gasteiger partial charge in [-0.05, 0) is 20.0 Å². The Labute approximate surface area is 90.1 Å². The van der Waals surface area contributed by atoms with E-state index in [0.717, 1.165) is 39.0 Å². The molecular formula is C10H19N3O2. The van der Waals surface area contributed by atoms with Gasteiger partial charge in [-0.1, -0.05) is 0 Å². The first-order valence-corrected chi connectivity index (χ1v) is 5.52. The monoisotopic (exact) mass is 213 g/mol. The number of carbonyl (C=O) groups is 1. The second kappa shape index (κ2) is 3.98. The van der Waals surface area contributed by atoms with E-state index < -0.39 is 0 Å². The summed E-state index contributed by atoms with van der Waals surface area (Å²) in [6.45, 7) is 3.95. The largest absolute Gasteiger partial charge is 0.439 e. The van der Waals surface area contributed by atoms with Crippen molar-refractivity contribution in [1.29, 1.82) is 0 Å². The van der Waals surface area contributed by atoms with Crippen LogP contribution in [0.1, 0.15) is 12.8 Å². The van der Waals surface area contributed by atoms with Gasteiger partial charge in [-0.15, -0.1) is 0 Å². The Morgan fingerprint density at radius 2 is 2.33 bits per heavy atom. The number of ether oxygens (including phenoxy) is 1. The summed E-state index contributed by atoms with van der Waals surface area (Å²) in [6, 6.07) is 0. The van der Waals surface area contributed by atoms with Crippen LogP contribution in [0, 0.1) is 0 Å². The zero-order chi connectivity index (χ0) is 10.9. The highest BCUT2D eigenvalue weighted by Crippen LogP contribution is 2.31. The highest BCUT2D eigenvalue weighted by Gasteiger charge is 2.48. The molecule has 0 aromatic heterocycles. The molecule has 0 aromatic carbocycles. The summed E-state index contributed by atoms with van der Waals surface area (Å²) in [5, 5.41) is 0. The zero-order valence-corrected chi connectivity index (χ0v) is 9.24. The molecule has 0 bridgehead atoms. The number of hydrogen-bond acceptors (Lipinski definition) is 4. The predicted octanol–water partition coefficient (Wildman–Crippen LogP) is -0.138. The van der Waals surface area contributed by atoms with Gasteiger partial charge in [0, 0.05) is 26.1 Å². The van der Waals surface area contributed by atoms with Gasteiger partial charge in [0.1, 0.15) is 5.60 Å². The number of likely N-dealkylation sites (N-methyl/N-ethyl adjacent to an activating group) is 1. The van der Waals surface area contributed by atoms with E-state index in [-0.39, 0.29) is 11.7 Å². The van der Waals surface area contributed by atoms with Crippen LogP contribution >= 0.6 is 0 Å². The predicted molar refractivity (Wildman–Crippen MR) is 56.6 cm³/mol. The molecule has 0 aliphatic carbocycles. The van der Waals surface area contributed by atoms with Gasteiger partial charge in [-0.3, -0.25) is 0 Å². The Bertz CT molecular complexity index is 259. The lowest BCUT2D eigenvalue weighted by Gasteiger charge is -2.20. The molecule has 1 amide bonds. The van der Waals surface area contributed by atoms with Crippen LogP contribution in [0.15, 0.2) is 0 Å². The molecule has 2 aliphatic heterocycles. The standard InChI is InChI=1S/C10H19N3O2/c1-12-6-3-10(7-12)8-13(5-2-4-11)9(14)15-10/h2-8,11H2,1H3. The maximum atomic E-state index is 11.6. The minimum atomic E-state index is -0.236. The van der Waals surface area contributed by atoms with Crippen molar-refractivity contribution in [2.75, 3.05) is 39.8 Å². The molecule has 0 saturated carbocycles. The molecule has 2 aliphatic rings. The van der Waals surface area contributed by atoms with E-state index in [2.05, 4.69) is 11.9 Å². The molecule has 5 heteroatoms. The van der Waals surface area contributed by atoms with E-state index in [1.54, 1.807) is 4.90 Å². The van der Waals surface area contributed by atoms with Crippen molar-refractivity contribution in [3.05, 3.63) is 0 Å². The van der Waals surface area contributed by atoms with Gasteiger partial charge >= 0.3 is 6.09 Å². The van der Waals surface area contributed by atoms with E-state index in [1.165, 1.54) is 0 Å². The molecule has 2 N–H and O–H groups in total. The fourth-order valence-electron chi connectivity index (χ4n) is 2.40. The first-order valence-electron chi connectivity index (χ1n) is 5.52. The highest BCUT2D eigenvalue weighted by molar-refractivity contribution is 5.70. The van der Waals surface area contributed by atoms with Crippen molar-refractivity contribution in [1.82, 2.24) is 9.80 Å². The summed E-state index contributed by atoms with van der Waals surface area (Å²) in [5.41, 5.74) is 5.20. The average Bonchev–Trinajstić information content (AvgIpc) is 2.68. The number of amides is 1. The fraction of sp³-hybridized carbons (Fsp3) is 0.900. The highest BCUT2D eigenvalue weighted by atomic mass is 16.6. The number of carbonyl (C=O) groups excluding carboxylic acids is 1. The van der Waals surface area contributed by atoms with Crippen molar-refractivity contribution in [2.45, 2.75) is 18.4 Å². The van der Waals surface area contributed by atoms with Gasteiger partial charge in [-0.2, -0.15) is 0 Å². The SMILES string of the molecule is CN1CCC2(C1)CN(CCCN)C(=O)O2. The zero-order valence-electron chi connectivity index (χ0n) is 9.24. The van der Waals surface area contributed by atoms with Crippen LogP contribution in [0.4, 0.5) is 4.79 Å². The van der Waals surface area contributed by atoms with Crippen LogP contribution in [-0.2, 0) is 4.74 Å². The molecule has 0 aromatic rings. The van der Waals surface area contributed by atoms with Crippen LogP contribution in [0.3, 0.4) is 0 Å². The molecule has 0 radical (unpaired) electrons. The van der Waals surface area contributed by atoms with Crippen molar-refractivity contribution in [3.8, 4) is 0 Å². The topological polar surface area (TPSA) is 58.8 Å². The first kappa shape index (κ1) is 10.7. The molecule has 2 rings (SSSR count). The fourth-order valence-corrected chi connectivity index (χ4v) is 2.40. The number of nitrogens with zero attached hydrogens (tertiary/aromatic N) is 2. The molecule has 1 atom stereocenters. The van der Waals surface area contributed by atoms with E-state index in [0.29, 0.717) is 6.54 Å². The van der Waals surface area contributed by atoms with Gasteiger partial charge in [0.2, 0.25) is 0 Å². The Kier molecular flexibility index (Phi) is 2.84. The van der Waals surface area contributed by atoms with Gasteiger partial charge in [0.25, 0.3) is 0 Å². The van der Waals surface area contributed by atoms with Crippen LogP contribution in [0.2, 0.25) is 0 Å². The molecule has 86 valence electrons. The Morgan fingerprint density at radius 3 is 2.93 bits per heavy atom. The summed E-state index contributed by atoms with van der Waals surface area (Å²) in [7, 11) is 2.06. The second-order valence-electron chi connectivity index (χ2n) is 4.60. The Balaban J connectivity index is 1.94. The average molecular weight is 213 g/mol. The van der Waals surface area contributed by atoms with Crippen LogP contribution in [0.25, 0.3) is 0 Å². The smallest absolute Gasteiger partial charge is 0.410 e. The van der Waals surface area contributed by atoms with E-state index in [1.807, 2.05) is 0 Å². The second-order valence-corrected chi connectivity index (χ2v) is 4.60. The third-order valence-electron chi connectivity index (χ3n) is 3.18. The van der Waals surface area contributed by atoms with Crippen molar-refractivity contribution < 1.29 is 9.53 Å². The number of rotatable bonds is 3. The minimum Gasteiger partial charge on any atom is -0.439 e. The third kappa shape index (κ3) is 2.08. The van der Waals surface area contributed by atoms with E-state index in [4.69, 9.17) is 10.5 Å². The summed E-state index contributed by atoms with van der Waals surface area (Å²) < 4.78 is 5.49. The van der Waals surface area contributed by atoms with Crippen LogP contribution < -0.4 is 5.73 Å². The number of likely N-dealkylation sites (tertiary alicyclic amines) is 1. The quantitative estimate of drug-likeness (QED) is 0.709.